The van der Waals surface area contributed by atoms with Gasteiger partial charge in [-0.25, -0.2) is 0 Å². The zero-order valence-electron chi connectivity index (χ0n) is 12.0. The van der Waals surface area contributed by atoms with E-state index in [0.29, 0.717) is 0 Å². The average molecular weight is 362 g/mol. The predicted octanol–water partition coefficient (Wildman–Crippen LogP) is 4.08. The highest BCUT2D eigenvalue weighted by Crippen LogP contribution is 2.32. The summed E-state index contributed by atoms with van der Waals surface area (Å²) in [5.74, 6) is 2.46. The predicted molar refractivity (Wildman–Crippen MR) is 88.5 cm³/mol. The van der Waals surface area contributed by atoms with Gasteiger partial charge in [-0.1, -0.05) is 47.0 Å². The minimum atomic E-state index is -0.0533. The van der Waals surface area contributed by atoms with E-state index in [-0.39, 0.29) is 28.5 Å². The van der Waals surface area contributed by atoms with Gasteiger partial charge in [0.05, 0.1) is 23.7 Å². The van der Waals surface area contributed by atoms with Crippen LogP contribution < -0.4 is 0 Å². The summed E-state index contributed by atoms with van der Waals surface area (Å²) in [5.41, 5.74) is 0. The maximum absolute atomic E-state index is 6.36. The van der Waals surface area contributed by atoms with Crippen LogP contribution in [0.4, 0.5) is 0 Å². The fraction of sp³-hybridized carbons (Fsp3) is 0.625. The number of rotatable bonds is 7. The number of hydrogen-bond acceptors (Lipinski definition) is 2. The lowest BCUT2D eigenvalue weighted by atomic mass is 10.1. The van der Waals surface area contributed by atoms with E-state index in [1.54, 1.807) is 13.2 Å². The zero-order valence-corrected chi connectivity index (χ0v) is 14.3. The quantitative estimate of drug-likeness (QED) is 0.386. The van der Waals surface area contributed by atoms with E-state index in [4.69, 9.17) is 27.5 Å². The number of methoxy groups -OCH3 is 1. The van der Waals surface area contributed by atoms with Crippen LogP contribution in [0.5, 0.6) is 0 Å². The molecule has 0 saturated carbocycles. The molecule has 0 amide bonds. The van der Waals surface area contributed by atoms with Crippen LogP contribution in [0.3, 0.4) is 0 Å². The Hall–Kier alpha value is -0.270. The first-order valence-electron chi connectivity index (χ1n) is 6.88. The van der Waals surface area contributed by atoms with Crippen LogP contribution in [0.1, 0.15) is 26.2 Å². The smallest absolute Gasteiger partial charge is 0.0887 e. The van der Waals surface area contributed by atoms with Gasteiger partial charge in [-0.15, -0.1) is 18.0 Å². The number of ether oxygens (including phenoxy) is 2. The molecule has 2 nitrogen and oxygen atoms in total. The van der Waals surface area contributed by atoms with Crippen molar-refractivity contribution in [2.24, 2.45) is 0 Å². The lowest BCUT2D eigenvalue weighted by molar-refractivity contribution is 0.0683. The summed E-state index contributed by atoms with van der Waals surface area (Å²) in [4.78, 5) is 0.288. The molecule has 0 aromatic heterocycles. The van der Waals surface area contributed by atoms with Crippen LogP contribution >= 0.6 is 27.5 Å². The van der Waals surface area contributed by atoms with Crippen molar-refractivity contribution in [2.45, 2.75) is 54.7 Å². The monoisotopic (exact) mass is 360 g/mol. The Bertz CT molecular complexity index is 371. The van der Waals surface area contributed by atoms with Gasteiger partial charge in [-0.05, 0) is 25.3 Å². The molecule has 1 saturated heterocycles. The van der Waals surface area contributed by atoms with E-state index in [1.165, 1.54) is 0 Å². The average Bonchev–Trinajstić information content (AvgIpc) is 2.82. The molecule has 1 aliphatic heterocycles. The van der Waals surface area contributed by atoms with Crippen LogP contribution in [-0.4, -0.2) is 35.6 Å². The van der Waals surface area contributed by atoms with Gasteiger partial charge in [0.15, 0.2) is 0 Å². The molecule has 1 rings (SSSR count). The van der Waals surface area contributed by atoms with E-state index in [1.807, 2.05) is 6.08 Å². The molecule has 0 N–H and O–H groups in total. The molecule has 0 aromatic rings. The van der Waals surface area contributed by atoms with Crippen molar-refractivity contribution in [3.63, 3.8) is 0 Å². The molecule has 1 aliphatic rings. The third-order valence-corrected chi connectivity index (χ3v) is 4.70. The summed E-state index contributed by atoms with van der Waals surface area (Å²) < 4.78 is 11.3. The normalized spacial score (nSPS) is 29.9. The first kappa shape index (κ1) is 17.8. The molecular weight excluding hydrogens is 340 g/mol. The third-order valence-electron chi connectivity index (χ3n) is 3.35. The van der Waals surface area contributed by atoms with Gasteiger partial charge in [0, 0.05) is 11.9 Å². The van der Waals surface area contributed by atoms with Crippen LogP contribution in [0.2, 0.25) is 0 Å². The van der Waals surface area contributed by atoms with Crippen molar-refractivity contribution in [3.8, 4) is 12.3 Å². The summed E-state index contributed by atoms with van der Waals surface area (Å²) in [6.07, 6.45) is 15.7. The van der Waals surface area contributed by atoms with Gasteiger partial charge in [-0.3, -0.25) is 0 Å². The fourth-order valence-corrected chi connectivity index (χ4v) is 3.06. The highest BCUT2D eigenvalue weighted by molar-refractivity contribution is 9.09. The molecule has 4 heteroatoms. The molecule has 5 atom stereocenters. The SMILES string of the molecule is C#CC=CCC(Cl)[C@@H]1C[C@@H](Br)[C@@H](C=CC(CC)OC)O1. The van der Waals surface area contributed by atoms with Gasteiger partial charge in [0.25, 0.3) is 0 Å². The third kappa shape index (κ3) is 5.61. The molecule has 1 heterocycles. The van der Waals surface area contributed by atoms with Crippen LogP contribution in [0.25, 0.3) is 0 Å². The lowest BCUT2D eigenvalue weighted by Crippen LogP contribution is -2.21. The first-order valence-corrected chi connectivity index (χ1v) is 8.23. The molecule has 0 aliphatic carbocycles. The van der Waals surface area contributed by atoms with Gasteiger partial charge < -0.3 is 9.47 Å². The first-order chi connectivity index (χ1) is 9.62. The topological polar surface area (TPSA) is 18.5 Å². The Labute approximate surface area is 135 Å². The van der Waals surface area contributed by atoms with E-state index < -0.39 is 0 Å². The second-order valence-electron chi connectivity index (χ2n) is 4.78. The Kier molecular flexibility index (Phi) is 8.56. The number of halogens is 2. The Morgan fingerprint density at radius 1 is 1.60 bits per heavy atom. The molecule has 2 unspecified atom stereocenters. The molecular formula is C16H22BrClO2. The standard InChI is InChI=1S/C16H22BrClO2/c1-4-6-7-8-14(18)16-11-13(17)15(20-16)10-9-12(5-2)19-3/h1,6-7,9-10,12-16H,5,8,11H2,2-3H3/t12?,13-,14?,15-,16+/m1/s1. The molecule has 0 aromatic carbocycles. The van der Waals surface area contributed by atoms with E-state index >= 15 is 0 Å². The Balaban J connectivity index is 2.50. The highest BCUT2D eigenvalue weighted by Gasteiger charge is 2.35. The van der Waals surface area contributed by atoms with Gasteiger partial charge in [0.2, 0.25) is 0 Å². The Morgan fingerprint density at radius 2 is 2.35 bits per heavy atom. The number of terminal acetylenes is 1. The maximum Gasteiger partial charge on any atom is 0.0887 e. The number of allylic oxidation sites excluding steroid dienone is 2. The van der Waals surface area contributed by atoms with Crippen molar-refractivity contribution in [3.05, 3.63) is 24.3 Å². The maximum atomic E-state index is 6.36. The molecule has 0 spiro atoms. The summed E-state index contributed by atoms with van der Waals surface area (Å²) >= 11 is 10.0. The zero-order chi connectivity index (χ0) is 15.0. The van der Waals surface area contributed by atoms with Crippen molar-refractivity contribution in [2.75, 3.05) is 7.11 Å². The second kappa shape index (κ2) is 9.63. The van der Waals surface area contributed by atoms with Crippen molar-refractivity contribution in [1.29, 1.82) is 0 Å². The van der Waals surface area contributed by atoms with Crippen LogP contribution in [-0.2, 0) is 9.47 Å². The van der Waals surface area contributed by atoms with Gasteiger partial charge in [-0.2, -0.15) is 0 Å². The molecule has 112 valence electrons. The lowest BCUT2D eigenvalue weighted by Gasteiger charge is -2.16. The van der Waals surface area contributed by atoms with Crippen molar-refractivity contribution < 1.29 is 9.47 Å². The van der Waals surface area contributed by atoms with Crippen molar-refractivity contribution in [1.82, 2.24) is 0 Å². The molecule has 0 bridgehead atoms. The highest BCUT2D eigenvalue weighted by atomic mass is 79.9. The molecule has 1 fully saturated rings. The molecule has 20 heavy (non-hydrogen) atoms. The Morgan fingerprint density at radius 3 is 2.95 bits per heavy atom. The number of alkyl halides is 2. The summed E-state index contributed by atoms with van der Waals surface area (Å²) in [6, 6.07) is 0. The summed E-state index contributed by atoms with van der Waals surface area (Å²) in [6.45, 7) is 2.09. The summed E-state index contributed by atoms with van der Waals surface area (Å²) in [7, 11) is 1.72. The molecule has 0 radical (unpaired) electrons. The fourth-order valence-electron chi connectivity index (χ4n) is 2.13. The number of hydrogen-bond donors (Lipinski definition) is 0. The van der Waals surface area contributed by atoms with Crippen molar-refractivity contribution >= 4 is 27.5 Å². The van der Waals surface area contributed by atoms with Gasteiger partial charge >= 0.3 is 0 Å². The van der Waals surface area contributed by atoms with E-state index in [2.05, 4.69) is 40.9 Å². The minimum Gasteiger partial charge on any atom is -0.377 e. The van der Waals surface area contributed by atoms with Crippen LogP contribution in [0, 0.1) is 12.3 Å². The van der Waals surface area contributed by atoms with E-state index in [0.717, 1.165) is 19.3 Å². The van der Waals surface area contributed by atoms with Crippen LogP contribution in [0.15, 0.2) is 24.3 Å². The largest absolute Gasteiger partial charge is 0.377 e. The van der Waals surface area contributed by atoms with E-state index in [9.17, 15) is 0 Å². The minimum absolute atomic E-state index is 0.0423. The van der Waals surface area contributed by atoms with Gasteiger partial charge in [0.1, 0.15) is 0 Å². The summed E-state index contributed by atoms with van der Waals surface area (Å²) in [5, 5.41) is -0.0533. The second-order valence-corrected chi connectivity index (χ2v) is 6.52.